The van der Waals surface area contributed by atoms with E-state index in [1.807, 2.05) is 24.3 Å². The van der Waals surface area contributed by atoms with E-state index in [2.05, 4.69) is 20.9 Å². The number of nitrogens with zero attached hydrogens (tertiary/aromatic N) is 1. The average molecular weight is 329 g/mol. The van der Waals surface area contributed by atoms with Gasteiger partial charge in [-0.05, 0) is 34.1 Å². The lowest BCUT2D eigenvalue weighted by atomic mass is 10.3. The second-order valence-electron chi connectivity index (χ2n) is 3.53. The van der Waals surface area contributed by atoms with Crippen molar-refractivity contribution >= 4 is 27.5 Å². The Morgan fingerprint density at radius 3 is 2.78 bits per heavy atom. The van der Waals surface area contributed by atoms with Crippen molar-refractivity contribution in [2.75, 3.05) is 7.11 Å². The monoisotopic (exact) mass is 327 g/mol. The van der Waals surface area contributed by atoms with Crippen LogP contribution < -0.4 is 9.47 Å². The molecule has 2 aromatic rings. The summed E-state index contributed by atoms with van der Waals surface area (Å²) >= 11 is 9.21. The predicted molar refractivity (Wildman–Crippen MR) is 74.6 cm³/mol. The van der Waals surface area contributed by atoms with Crippen LogP contribution in [0.1, 0.15) is 5.56 Å². The highest BCUT2D eigenvalue weighted by atomic mass is 79.9. The Labute approximate surface area is 119 Å². The van der Waals surface area contributed by atoms with Gasteiger partial charge in [-0.3, -0.25) is 0 Å². The van der Waals surface area contributed by atoms with Crippen molar-refractivity contribution in [2.24, 2.45) is 0 Å². The lowest BCUT2D eigenvalue weighted by molar-refractivity contribution is 0.407. The van der Waals surface area contributed by atoms with Gasteiger partial charge in [0.05, 0.1) is 13.0 Å². The largest absolute Gasteiger partial charge is 0.497 e. The number of aromatic nitrogens is 1. The van der Waals surface area contributed by atoms with Crippen LogP contribution in [-0.2, 0) is 5.88 Å². The van der Waals surface area contributed by atoms with Gasteiger partial charge in [0.15, 0.2) is 0 Å². The van der Waals surface area contributed by atoms with Crippen LogP contribution in [0.3, 0.4) is 0 Å². The van der Waals surface area contributed by atoms with Crippen LogP contribution in [-0.4, -0.2) is 12.1 Å². The first-order chi connectivity index (χ1) is 8.72. The zero-order chi connectivity index (χ0) is 13.0. The highest BCUT2D eigenvalue weighted by molar-refractivity contribution is 9.10. The molecule has 0 saturated heterocycles. The maximum absolute atomic E-state index is 5.86. The number of alkyl halides is 1. The first kappa shape index (κ1) is 13.2. The number of hydrogen-bond donors (Lipinski definition) is 0. The molecule has 0 saturated carbocycles. The first-order valence-electron chi connectivity index (χ1n) is 5.25. The van der Waals surface area contributed by atoms with Crippen LogP contribution in [0.15, 0.2) is 41.0 Å². The second-order valence-corrected chi connectivity index (χ2v) is 4.72. The highest BCUT2D eigenvalue weighted by Gasteiger charge is 2.07. The number of ether oxygens (including phenoxy) is 2. The molecular weight excluding hydrogens is 318 g/mol. The van der Waals surface area contributed by atoms with Crippen LogP contribution in [0.4, 0.5) is 0 Å². The van der Waals surface area contributed by atoms with E-state index in [1.165, 1.54) is 0 Å². The van der Waals surface area contributed by atoms with Gasteiger partial charge in [0.25, 0.3) is 0 Å². The van der Waals surface area contributed by atoms with Crippen LogP contribution in [0, 0.1) is 0 Å². The van der Waals surface area contributed by atoms with Gasteiger partial charge >= 0.3 is 0 Å². The van der Waals surface area contributed by atoms with Gasteiger partial charge in [0, 0.05) is 22.3 Å². The summed E-state index contributed by atoms with van der Waals surface area (Å²) in [6, 6.07) is 9.22. The Hall–Kier alpha value is -1.26. The molecule has 1 heterocycles. The molecule has 0 unspecified atom stereocenters. The van der Waals surface area contributed by atoms with Gasteiger partial charge < -0.3 is 9.47 Å². The lowest BCUT2D eigenvalue weighted by Crippen LogP contribution is -1.93. The quantitative estimate of drug-likeness (QED) is 0.780. The van der Waals surface area contributed by atoms with E-state index in [-0.39, 0.29) is 0 Å². The van der Waals surface area contributed by atoms with E-state index in [1.54, 1.807) is 19.4 Å². The van der Waals surface area contributed by atoms with Crippen molar-refractivity contribution in [3.8, 4) is 17.4 Å². The fraction of sp³-hybridized carbons (Fsp3) is 0.154. The van der Waals surface area contributed by atoms with E-state index in [0.717, 1.165) is 15.8 Å². The molecule has 0 atom stereocenters. The summed E-state index contributed by atoms with van der Waals surface area (Å²) in [6.45, 7) is 0. The van der Waals surface area contributed by atoms with Crippen molar-refractivity contribution < 1.29 is 9.47 Å². The lowest BCUT2D eigenvalue weighted by Gasteiger charge is -2.09. The molecule has 0 aliphatic heterocycles. The minimum atomic E-state index is 0.339. The van der Waals surface area contributed by atoms with Crippen molar-refractivity contribution in [3.63, 3.8) is 0 Å². The number of hydrogen-bond acceptors (Lipinski definition) is 3. The molecule has 0 spiro atoms. The summed E-state index contributed by atoms with van der Waals surface area (Å²) in [6.07, 6.45) is 1.67. The number of benzene rings is 1. The predicted octanol–water partition coefficient (Wildman–Crippen LogP) is 4.38. The Kier molecular flexibility index (Phi) is 4.44. The molecule has 0 aliphatic rings. The van der Waals surface area contributed by atoms with E-state index < -0.39 is 0 Å². The SMILES string of the molecule is COc1cccc(Oc2ncc(Br)cc2CCl)c1. The first-order valence-corrected chi connectivity index (χ1v) is 6.58. The van der Waals surface area contributed by atoms with Gasteiger partial charge in [-0.2, -0.15) is 0 Å². The van der Waals surface area contributed by atoms with Gasteiger partial charge in [-0.15, -0.1) is 11.6 Å². The zero-order valence-electron chi connectivity index (χ0n) is 9.69. The van der Waals surface area contributed by atoms with Crippen molar-refractivity contribution in [3.05, 3.63) is 46.6 Å². The zero-order valence-corrected chi connectivity index (χ0v) is 12.0. The Morgan fingerprint density at radius 2 is 2.06 bits per heavy atom. The van der Waals surface area contributed by atoms with Crippen molar-refractivity contribution in [1.82, 2.24) is 4.98 Å². The molecule has 0 fully saturated rings. The summed E-state index contributed by atoms with van der Waals surface area (Å²) in [5.74, 6) is 2.24. The summed E-state index contributed by atoms with van der Waals surface area (Å²) in [4.78, 5) is 4.21. The number of methoxy groups -OCH3 is 1. The molecule has 5 heteroatoms. The minimum absolute atomic E-state index is 0.339. The van der Waals surface area contributed by atoms with E-state index in [4.69, 9.17) is 21.1 Å². The number of rotatable bonds is 4. The van der Waals surface area contributed by atoms with Crippen LogP contribution >= 0.6 is 27.5 Å². The van der Waals surface area contributed by atoms with Crippen molar-refractivity contribution in [2.45, 2.75) is 5.88 Å². The van der Waals surface area contributed by atoms with Gasteiger partial charge in [0.2, 0.25) is 5.88 Å². The smallest absolute Gasteiger partial charge is 0.223 e. The van der Waals surface area contributed by atoms with E-state index in [9.17, 15) is 0 Å². The van der Waals surface area contributed by atoms with E-state index in [0.29, 0.717) is 17.5 Å². The highest BCUT2D eigenvalue weighted by Crippen LogP contribution is 2.28. The molecule has 94 valence electrons. The normalized spacial score (nSPS) is 10.2. The molecule has 0 aliphatic carbocycles. The summed E-state index contributed by atoms with van der Waals surface area (Å²) in [5.41, 5.74) is 0.828. The number of halogens is 2. The van der Waals surface area contributed by atoms with Gasteiger partial charge in [-0.1, -0.05) is 6.07 Å². The molecule has 18 heavy (non-hydrogen) atoms. The topological polar surface area (TPSA) is 31.4 Å². The molecule has 1 aromatic heterocycles. The Bertz CT molecular complexity index is 548. The molecule has 0 amide bonds. The second kappa shape index (κ2) is 6.07. The molecule has 2 rings (SSSR count). The molecule has 3 nitrogen and oxygen atoms in total. The average Bonchev–Trinajstić information content (AvgIpc) is 2.41. The fourth-order valence-electron chi connectivity index (χ4n) is 1.43. The third-order valence-corrected chi connectivity index (χ3v) is 3.01. The van der Waals surface area contributed by atoms with Crippen molar-refractivity contribution in [1.29, 1.82) is 0 Å². The standard InChI is InChI=1S/C13H11BrClNO2/c1-17-11-3-2-4-12(6-11)18-13-9(7-15)5-10(14)8-16-13/h2-6,8H,7H2,1H3. The number of pyridine rings is 1. The molecule has 0 N–H and O–H groups in total. The summed E-state index contributed by atoms with van der Waals surface area (Å²) < 4.78 is 11.7. The summed E-state index contributed by atoms with van der Waals surface area (Å²) in [7, 11) is 1.61. The minimum Gasteiger partial charge on any atom is -0.497 e. The third-order valence-electron chi connectivity index (χ3n) is 2.29. The van der Waals surface area contributed by atoms with Gasteiger partial charge in [-0.25, -0.2) is 4.98 Å². The molecule has 0 bridgehead atoms. The van der Waals surface area contributed by atoms with Crippen LogP contribution in [0.2, 0.25) is 0 Å². The Balaban J connectivity index is 2.27. The molecular formula is C13H11BrClNO2. The van der Waals surface area contributed by atoms with E-state index >= 15 is 0 Å². The summed E-state index contributed by atoms with van der Waals surface area (Å²) in [5, 5.41) is 0. The van der Waals surface area contributed by atoms with Crippen LogP contribution in [0.25, 0.3) is 0 Å². The molecule has 0 radical (unpaired) electrons. The van der Waals surface area contributed by atoms with Crippen LogP contribution in [0.5, 0.6) is 17.4 Å². The fourth-order valence-corrected chi connectivity index (χ4v) is 2.00. The van der Waals surface area contributed by atoms with Gasteiger partial charge in [0.1, 0.15) is 11.5 Å². The maximum Gasteiger partial charge on any atom is 0.223 e. The molecule has 1 aromatic carbocycles. The third kappa shape index (κ3) is 3.15. The maximum atomic E-state index is 5.86. The Morgan fingerprint density at radius 1 is 1.28 bits per heavy atom.